The number of nitrogens with one attached hydrogen (secondary N) is 1. The van der Waals surface area contributed by atoms with Crippen molar-refractivity contribution in [3.05, 3.63) is 23.8 Å². The number of ether oxygens (including phenoxy) is 1. The number of carbonyl (C=O) groups excluding carboxylic acids is 1. The fraction of sp³-hybridized carbons (Fsp3) is 0.529. The third-order valence-electron chi connectivity index (χ3n) is 4.18. The van der Waals surface area contributed by atoms with Gasteiger partial charge in [-0.25, -0.2) is 0 Å². The van der Waals surface area contributed by atoms with E-state index in [1.807, 2.05) is 0 Å². The minimum Gasteiger partial charge on any atom is -0.482 e. The van der Waals surface area contributed by atoms with Crippen LogP contribution in [0, 0.1) is 18.8 Å². The quantitative estimate of drug-likeness (QED) is 0.839. The van der Waals surface area contributed by atoms with Crippen molar-refractivity contribution < 1.29 is 32.6 Å². The molecule has 1 fully saturated rings. The number of halogens is 3. The van der Waals surface area contributed by atoms with E-state index in [9.17, 15) is 22.8 Å². The van der Waals surface area contributed by atoms with Crippen LogP contribution in [0.2, 0.25) is 0 Å². The van der Waals surface area contributed by atoms with Crippen LogP contribution in [0.3, 0.4) is 0 Å². The monoisotopic (exact) mass is 359 g/mol. The topological polar surface area (TPSA) is 75.6 Å². The van der Waals surface area contributed by atoms with E-state index in [1.54, 1.807) is 13.0 Å². The molecule has 2 atom stereocenters. The van der Waals surface area contributed by atoms with Crippen molar-refractivity contribution in [1.29, 1.82) is 0 Å². The lowest BCUT2D eigenvalue weighted by Crippen LogP contribution is -2.31. The van der Waals surface area contributed by atoms with Gasteiger partial charge >= 0.3 is 12.1 Å². The molecule has 8 heteroatoms. The van der Waals surface area contributed by atoms with E-state index in [-0.39, 0.29) is 17.9 Å². The zero-order valence-electron chi connectivity index (χ0n) is 13.7. The fourth-order valence-electron chi connectivity index (χ4n) is 2.90. The van der Waals surface area contributed by atoms with Gasteiger partial charge in [0.1, 0.15) is 5.75 Å². The standard InChI is InChI=1S/C17H20F3NO4/c1-10-5-6-13(14(7-10)25-9-17(18,19)20)21-15(22)11-3-2-4-12(8-11)16(23)24/h5-7,11-12H,2-4,8-9H2,1H3,(H,21,22)(H,23,24). The minimum atomic E-state index is -4.48. The van der Waals surface area contributed by atoms with Crippen molar-refractivity contribution in [1.82, 2.24) is 0 Å². The highest BCUT2D eigenvalue weighted by atomic mass is 19.4. The molecule has 0 aromatic heterocycles. The van der Waals surface area contributed by atoms with Gasteiger partial charge in [-0.15, -0.1) is 0 Å². The molecule has 5 nitrogen and oxygen atoms in total. The Kier molecular flexibility index (Phi) is 5.92. The van der Waals surface area contributed by atoms with Gasteiger partial charge in [-0.3, -0.25) is 9.59 Å². The normalized spacial score (nSPS) is 20.8. The number of carbonyl (C=O) groups is 2. The number of alkyl halides is 3. The molecule has 0 bridgehead atoms. The summed E-state index contributed by atoms with van der Waals surface area (Å²) in [5, 5.41) is 11.7. The molecule has 0 heterocycles. The number of carboxylic acid groups (broad SMARTS) is 1. The summed E-state index contributed by atoms with van der Waals surface area (Å²) in [6, 6.07) is 4.55. The van der Waals surface area contributed by atoms with Gasteiger partial charge in [-0.1, -0.05) is 12.5 Å². The lowest BCUT2D eigenvalue weighted by atomic mass is 9.81. The second kappa shape index (κ2) is 7.76. The molecule has 0 radical (unpaired) electrons. The molecule has 1 amide bonds. The lowest BCUT2D eigenvalue weighted by Gasteiger charge is -2.26. The van der Waals surface area contributed by atoms with Gasteiger partial charge in [-0.2, -0.15) is 13.2 Å². The van der Waals surface area contributed by atoms with Crippen molar-refractivity contribution in [3.63, 3.8) is 0 Å². The first-order valence-corrected chi connectivity index (χ1v) is 7.99. The van der Waals surface area contributed by atoms with Gasteiger partial charge in [0.05, 0.1) is 11.6 Å². The number of carboxylic acids is 1. The first-order chi connectivity index (χ1) is 11.7. The predicted octanol–water partition coefficient (Wildman–Crippen LogP) is 3.77. The number of hydrogen-bond acceptors (Lipinski definition) is 3. The molecule has 2 unspecified atom stereocenters. The van der Waals surface area contributed by atoms with E-state index in [1.165, 1.54) is 12.1 Å². The molecule has 1 aliphatic carbocycles. The lowest BCUT2D eigenvalue weighted by molar-refractivity contribution is -0.153. The van der Waals surface area contributed by atoms with E-state index in [0.29, 0.717) is 24.8 Å². The van der Waals surface area contributed by atoms with E-state index in [4.69, 9.17) is 9.84 Å². The molecule has 1 aromatic rings. The Hall–Kier alpha value is -2.25. The maximum absolute atomic E-state index is 12.4. The molecule has 25 heavy (non-hydrogen) atoms. The number of benzene rings is 1. The van der Waals surface area contributed by atoms with Crippen molar-refractivity contribution in [3.8, 4) is 5.75 Å². The third-order valence-corrected chi connectivity index (χ3v) is 4.18. The van der Waals surface area contributed by atoms with Crippen LogP contribution in [0.15, 0.2) is 18.2 Å². The summed E-state index contributed by atoms with van der Waals surface area (Å²) < 4.78 is 41.9. The van der Waals surface area contributed by atoms with Gasteiger partial charge in [0, 0.05) is 5.92 Å². The zero-order valence-corrected chi connectivity index (χ0v) is 13.7. The Morgan fingerprint density at radius 1 is 1.28 bits per heavy atom. The van der Waals surface area contributed by atoms with Crippen LogP contribution in [0.25, 0.3) is 0 Å². The summed E-state index contributed by atoms with van der Waals surface area (Å²) in [5.74, 6) is -2.43. The molecule has 0 aliphatic heterocycles. The average Bonchev–Trinajstić information content (AvgIpc) is 2.54. The number of aryl methyl sites for hydroxylation is 1. The molecule has 1 aromatic carbocycles. The van der Waals surface area contributed by atoms with Gasteiger partial charge in [0.25, 0.3) is 0 Å². The second-order valence-corrected chi connectivity index (χ2v) is 6.29. The van der Waals surface area contributed by atoms with Crippen molar-refractivity contribution in [2.45, 2.75) is 38.8 Å². The highest BCUT2D eigenvalue weighted by molar-refractivity contribution is 5.94. The molecule has 1 saturated carbocycles. The minimum absolute atomic E-state index is 0.0590. The summed E-state index contributed by atoms with van der Waals surface area (Å²) in [5.41, 5.74) is 0.844. The highest BCUT2D eigenvalue weighted by Crippen LogP contribution is 2.32. The number of hydrogen-bond donors (Lipinski definition) is 2. The number of anilines is 1. The smallest absolute Gasteiger partial charge is 0.422 e. The van der Waals surface area contributed by atoms with Crippen molar-refractivity contribution >= 4 is 17.6 Å². The Labute approximate surface area is 143 Å². The van der Waals surface area contributed by atoms with Crippen molar-refractivity contribution in [2.75, 3.05) is 11.9 Å². The van der Waals surface area contributed by atoms with Gasteiger partial charge < -0.3 is 15.2 Å². The molecule has 0 spiro atoms. The summed E-state index contributed by atoms with van der Waals surface area (Å²) >= 11 is 0. The first-order valence-electron chi connectivity index (χ1n) is 7.99. The second-order valence-electron chi connectivity index (χ2n) is 6.29. The Bertz CT molecular complexity index is 645. The van der Waals surface area contributed by atoms with Crippen LogP contribution in [0.1, 0.15) is 31.2 Å². The summed E-state index contributed by atoms with van der Waals surface area (Å²) in [7, 11) is 0. The Morgan fingerprint density at radius 2 is 1.96 bits per heavy atom. The number of rotatable bonds is 5. The average molecular weight is 359 g/mol. The number of aliphatic carboxylic acids is 1. The zero-order chi connectivity index (χ0) is 18.6. The molecule has 138 valence electrons. The Morgan fingerprint density at radius 3 is 2.60 bits per heavy atom. The fourth-order valence-corrected chi connectivity index (χ4v) is 2.90. The predicted molar refractivity (Wildman–Crippen MR) is 84.4 cm³/mol. The van der Waals surface area contributed by atoms with Crippen LogP contribution in [-0.2, 0) is 9.59 Å². The van der Waals surface area contributed by atoms with Crippen LogP contribution < -0.4 is 10.1 Å². The van der Waals surface area contributed by atoms with E-state index < -0.39 is 36.5 Å². The van der Waals surface area contributed by atoms with Crippen LogP contribution in [0.5, 0.6) is 5.75 Å². The van der Waals surface area contributed by atoms with Crippen LogP contribution in [-0.4, -0.2) is 29.8 Å². The molecule has 1 aliphatic rings. The van der Waals surface area contributed by atoms with E-state index in [2.05, 4.69) is 5.32 Å². The summed E-state index contributed by atoms with van der Waals surface area (Å²) in [6.07, 6.45) is -2.54. The molecular weight excluding hydrogens is 339 g/mol. The molecule has 2 N–H and O–H groups in total. The SMILES string of the molecule is Cc1ccc(NC(=O)C2CCCC(C(=O)O)C2)c(OCC(F)(F)F)c1. The van der Waals surface area contributed by atoms with Crippen molar-refractivity contribution in [2.24, 2.45) is 11.8 Å². The van der Waals surface area contributed by atoms with E-state index in [0.717, 1.165) is 0 Å². The maximum Gasteiger partial charge on any atom is 0.422 e. The van der Waals surface area contributed by atoms with Gasteiger partial charge in [0.2, 0.25) is 5.91 Å². The van der Waals surface area contributed by atoms with Gasteiger partial charge in [-0.05, 0) is 43.9 Å². The molecular formula is C17H20F3NO4. The first kappa shape index (κ1) is 19.1. The maximum atomic E-state index is 12.4. The van der Waals surface area contributed by atoms with Gasteiger partial charge in [0.15, 0.2) is 6.61 Å². The number of amides is 1. The highest BCUT2D eigenvalue weighted by Gasteiger charge is 2.32. The molecule has 2 rings (SSSR count). The van der Waals surface area contributed by atoms with E-state index >= 15 is 0 Å². The summed E-state index contributed by atoms with van der Waals surface area (Å²) in [4.78, 5) is 23.5. The van der Waals surface area contributed by atoms with Crippen LogP contribution in [0.4, 0.5) is 18.9 Å². The third kappa shape index (κ3) is 5.65. The Balaban J connectivity index is 2.08. The summed E-state index contributed by atoms with van der Waals surface area (Å²) in [6.45, 7) is 0.245. The molecule has 0 saturated heterocycles. The van der Waals surface area contributed by atoms with Crippen LogP contribution >= 0.6 is 0 Å². The largest absolute Gasteiger partial charge is 0.482 e.